The minimum atomic E-state index is -1.27. The van der Waals surface area contributed by atoms with Gasteiger partial charge in [0.2, 0.25) is 0 Å². The van der Waals surface area contributed by atoms with Crippen molar-refractivity contribution in [3.05, 3.63) is 53.2 Å². The van der Waals surface area contributed by atoms with E-state index in [0.29, 0.717) is 5.69 Å². The summed E-state index contributed by atoms with van der Waals surface area (Å²) in [7, 11) is 0. The topological polar surface area (TPSA) is 130 Å². The Morgan fingerprint density at radius 1 is 1.05 bits per heavy atom. The number of rotatable bonds is 4. The Balaban J connectivity index is 2.21. The van der Waals surface area contributed by atoms with Gasteiger partial charge in [-0.3, -0.25) is 0 Å². The second-order valence-electron chi connectivity index (χ2n) is 4.06. The minimum absolute atomic E-state index is 0.131. The fourth-order valence-corrected chi connectivity index (χ4v) is 1.54. The molecule has 1 unspecified atom stereocenters. The number of carboxylic acids is 1. The molecule has 0 saturated carbocycles. The molecule has 0 fully saturated rings. The van der Waals surface area contributed by atoms with Crippen LogP contribution in [-0.2, 0) is 0 Å². The Morgan fingerprint density at radius 2 is 1.62 bits per heavy atom. The fourth-order valence-electron chi connectivity index (χ4n) is 1.54. The van der Waals surface area contributed by atoms with Crippen molar-refractivity contribution in [3.8, 4) is 5.75 Å². The first kappa shape index (κ1) is 14.6. The highest BCUT2D eigenvalue weighted by Gasteiger charge is 2.09. The van der Waals surface area contributed by atoms with Crippen molar-refractivity contribution in [1.29, 1.82) is 0 Å². The first-order chi connectivity index (χ1) is 9.97. The summed E-state index contributed by atoms with van der Waals surface area (Å²) >= 11 is 0. The third kappa shape index (κ3) is 3.60. The second-order valence-corrected chi connectivity index (χ2v) is 4.06. The number of azo groups is 1. The summed E-state index contributed by atoms with van der Waals surface area (Å²) in [5.74, 6) is -1.62. The van der Waals surface area contributed by atoms with Crippen LogP contribution in [0.3, 0.4) is 0 Å². The molecule has 0 aliphatic carbocycles. The van der Waals surface area contributed by atoms with Crippen molar-refractivity contribution >= 4 is 23.0 Å². The lowest BCUT2D eigenvalue weighted by Gasteiger charge is -2.10. The van der Waals surface area contributed by atoms with Crippen molar-refractivity contribution in [2.24, 2.45) is 10.2 Å². The molecule has 2 aromatic rings. The third-order valence-corrected chi connectivity index (χ3v) is 2.61. The maximum atomic E-state index is 10.9. The van der Waals surface area contributed by atoms with Gasteiger partial charge in [-0.25, -0.2) is 10.0 Å². The predicted molar refractivity (Wildman–Crippen MR) is 71.5 cm³/mol. The van der Waals surface area contributed by atoms with Crippen molar-refractivity contribution in [3.63, 3.8) is 0 Å². The molecule has 0 aliphatic heterocycles. The molecule has 0 aromatic heterocycles. The van der Waals surface area contributed by atoms with Gasteiger partial charge >= 0.3 is 5.97 Å². The van der Waals surface area contributed by atoms with Crippen LogP contribution in [0.2, 0.25) is 0 Å². The van der Waals surface area contributed by atoms with E-state index < -0.39 is 11.2 Å². The molecule has 21 heavy (non-hydrogen) atoms. The molecule has 0 aliphatic rings. The number of carboxylic acid groups (broad SMARTS) is 1. The number of phenols is 1. The lowest BCUT2D eigenvalue weighted by molar-refractivity contribution is -0.991. The van der Waals surface area contributed by atoms with Gasteiger partial charge in [-0.15, -0.1) is 0 Å². The van der Waals surface area contributed by atoms with Gasteiger partial charge in [0.25, 0.3) is 0 Å². The van der Waals surface area contributed by atoms with E-state index >= 15 is 0 Å². The summed E-state index contributed by atoms with van der Waals surface area (Å²) in [6.45, 7) is 0. The van der Waals surface area contributed by atoms with Gasteiger partial charge in [0.15, 0.2) is 5.69 Å². The van der Waals surface area contributed by atoms with Crippen LogP contribution in [0.25, 0.3) is 0 Å². The van der Waals surface area contributed by atoms with E-state index in [1.54, 1.807) is 0 Å². The molecular formula is C13H11N3O5. The minimum Gasteiger partial charge on any atom is -0.595 e. The van der Waals surface area contributed by atoms with Gasteiger partial charge in [-0.2, -0.15) is 15.5 Å². The first-order valence-electron chi connectivity index (χ1n) is 5.79. The average Bonchev–Trinajstić information content (AvgIpc) is 2.46. The molecule has 8 heteroatoms. The number of quaternary nitrogens is 1. The molecule has 108 valence electrons. The number of nitrogens with one attached hydrogen (secondary N) is 1. The highest BCUT2D eigenvalue weighted by atomic mass is 16.8. The monoisotopic (exact) mass is 289 g/mol. The molecular weight excluding hydrogens is 278 g/mol. The molecule has 0 heterocycles. The van der Waals surface area contributed by atoms with Gasteiger partial charge in [0.05, 0.1) is 11.4 Å². The number of aromatic hydroxyl groups is 1. The van der Waals surface area contributed by atoms with Gasteiger partial charge in [-0.05, 0) is 30.3 Å². The lowest BCUT2D eigenvalue weighted by atomic mass is 10.2. The zero-order valence-corrected chi connectivity index (χ0v) is 10.6. The summed E-state index contributed by atoms with van der Waals surface area (Å²) in [4.78, 5) is 10.9. The zero-order chi connectivity index (χ0) is 15.4. The summed E-state index contributed by atoms with van der Waals surface area (Å²) in [6.07, 6.45) is 0. The van der Waals surface area contributed by atoms with E-state index in [0.717, 1.165) is 0 Å². The van der Waals surface area contributed by atoms with Crippen molar-refractivity contribution in [2.75, 3.05) is 0 Å². The maximum absolute atomic E-state index is 10.9. The Morgan fingerprint density at radius 3 is 2.19 bits per heavy atom. The molecule has 8 nitrogen and oxygen atoms in total. The van der Waals surface area contributed by atoms with E-state index in [1.807, 2.05) is 0 Å². The highest BCUT2D eigenvalue weighted by molar-refractivity contribution is 5.91. The number of hydrogen-bond donors (Lipinski definition) is 4. The molecule has 0 spiro atoms. The Hall–Kier alpha value is -2.81. The summed E-state index contributed by atoms with van der Waals surface area (Å²) in [5.41, 5.74) is 0.539. The molecule has 0 bridgehead atoms. The van der Waals surface area contributed by atoms with E-state index in [2.05, 4.69) is 10.2 Å². The van der Waals surface area contributed by atoms with Gasteiger partial charge in [-0.1, -0.05) is 0 Å². The molecule has 0 radical (unpaired) electrons. The van der Waals surface area contributed by atoms with Crippen molar-refractivity contribution < 1.29 is 25.4 Å². The standard InChI is InChI=1S/C13H11N3O5/c17-12-6-3-9(7-11(12)13(18)19)15-14-8-1-4-10(5-2-8)16(20)21/h1-7,16-17,20H,(H,18,19). The molecule has 0 saturated heterocycles. The molecule has 1 atom stereocenters. The summed E-state index contributed by atoms with van der Waals surface area (Å²) in [5, 5.41) is 44.3. The Kier molecular flexibility index (Phi) is 4.24. The Bertz CT molecular complexity index is 683. The number of nitrogens with zero attached hydrogens (tertiary/aromatic N) is 2. The molecule has 0 amide bonds. The van der Waals surface area contributed by atoms with Crippen LogP contribution in [0.15, 0.2) is 52.7 Å². The molecule has 2 aromatic carbocycles. The maximum Gasteiger partial charge on any atom is 0.339 e. The predicted octanol–water partition coefficient (Wildman–Crippen LogP) is 1.91. The van der Waals surface area contributed by atoms with Crippen LogP contribution in [0.4, 0.5) is 17.1 Å². The second kappa shape index (κ2) is 6.09. The summed E-state index contributed by atoms with van der Waals surface area (Å²) < 4.78 is 0. The lowest BCUT2D eigenvalue weighted by Crippen LogP contribution is -2.99. The van der Waals surface area contributed by atoms with Crippen LogP contribution in [0.5, 0.6) is 5.75 Å². The number of benzene rings is 2. The first-order valence-corrected chi connectivity index (χ1v) is 5.79. The quantitative estimate of drug-likeness (QED) is 0.504. The van der Waals surface area contributed by atoms with E-state index in [9.17, 15) is 15.1 Å². The SMILES string of the molecule is O=C(O)c1cc(N=Nc2ccc([NH+]([O-])O)cc2)ccc1O. The van der Waals surface area contributed by atoms with E-state index in [1.165, 1.54) is 42.5 Å². The van der Waals surface area contributed by atoms with Gasteiger partial charge in [0.1, 0.15) is 11.3 Å². The largest absolute Gasteiger partial charge is 0.595 e. The molecule has 2 rings (SSSR count). The van der Waals surface area contributed by atoms with Crippen LogP contribution in [-0.4, -0.2) is 21.4 Å². The Labute approximate surface area is 118 Å². The normalized spacial score (nSPS) is 12.5. The zero-order valence-electron chi connectivity index (χ0n) is 10.6. The van der Waals surface area contributed by atoms with Crippen LogP contribution in [0, 0.1) is 5.21 Å². The van der Waals surface area contributed by atoms with Crippen LogP contribution >= 0.6 is 0 Å². The van der Waals surface area contributed by atoms with Gasteiger partial charge in [0, 0.05) is 12.1 Å². The smallest absolute Gasteiger partial charge is 0.339 e. The van der Waals surface area contributed by atoms with Crippen LogP contribution < -0.4 is 5.23 Å². The summed E-state index contributed by atoms with van der Waals surface area (Å²) in [6, 6.07) is 9.54. The fraction of sp³-hybridized carbons (Fsp3) is 0. The molecule has 4 N–H and O–H groups in total. The van der Waals surface area contributed by atoms with Crippen molar-refractivity contribution in [1.82, 2.24) is 0 Å². The van der Waals surface area contributed by atoms with E-state index in [4.69, 9.17) is 10.3 Å². The van der Waals surface area contributed by atoms with Crippen LogP contribution in [0.1, 0.15) is 10.4 Å². The van der Waals surface area contributed by atoms with Crippen molar-refractivity contribution in [2.45, 2.75) is 0 Å². The average molecular weight is 289 g/mol. The van der Waals surface area contributed by atoms with Gasteiger partial charge < -0.3 is 15.4 Å². The number of aromatic carboxylic acids is 1. The van der Waals surface area contributed by atoms with E-state index in [-0.39, 0.29) is 22.7 Å². The highest BCUT2D eigenvalue weighted by Crippen LogP contribution is 2.25. The number of carbonyl (C=O) groups is 1. The third-order valence-electron chi connectivity index (χ3n) is 2.61. The number of hydrogen-bond acceptors (Lipinski definition) is 6.